The van der Waals surface area contributed by atoms with E-state index in [1.54, 1.807) is 0 Å². The second-order valence-electron chi connectivity index (χ2n) is 7.51. The molecule has 0 heterocycles. The summed E-state index contributed by atoms with van der Waals surface area (Å²) >= 11 is 0. The summed E-state index contributed by atoms with van der Waals surface area (Å²) < 4.78 is 0. The maximum atomic E-state index is 3.60. The molecular weight excluding hydrogens is 254 g/mol. The lowest BCUT2D eigenvalue weighted by Crippen LogP contribution is -2.38. The summed E-state index contributed by atoms with van der Waals surface area (Å²) in [6.07, 6.45) is 6.83. The molecule has 21 heavy (non-hydrogen) atoms. The molecular formula is C20H33N. The van der Waals surface area contributed by atoms with Gasteiger partial charge in [-0.2, -0.15) is 0 Å². The third kappa shape index (κ3) is 4.57. The van der Waals surface area contributed by atoms with E-state index in [2.05, 4.69) is 58.3 Å². The molecule has 1 fully saturated rings. The molecule has 1 aliphatic carbocycles. The first-order valence-corrected chi connectivity index (χ1v) is 8.74. The van der Waals surface area contributed by atoms with Crippen LogP contribution in [0.4, 0.5) is 0 Å². The fourth-order valence-corrected chi connectivity index (χ4v) is 4.16. The standard InChI is InChI=1S/C20H33N/c1-14(2)18-6-8-19(9-7-18)20(21-5)13-17-11-15(3)10-16(4)12-17/h10-12,14,18-21H,6-9,13H2,1-5H3. The molecule has 0 aliphatic heterocycles. The van der Waals surface area contributed by atoms with Crippen LogP contribution >= 0.6 is 0 Å². The molecule has 0 amide bonds. The molecule has 1 heteroatoms. The van der Waals surface area contributed by atoms with Gasteiger partial charge in [0.15, 0.2) is 0 Å². The molecule has 0 aromatic heterocycles. The Morgan fingerprint density at radius 1 is 0.952 bits per heavy atom. The van der Waals surface area contributed by atoms with Crippen LogP contribution in [0.5, 0.6) is 0 Å². The summed E-state index contributed by atoms with van der Waals surface area (Å²) in [5.74, 6) is 2.67. The van der Waals surface area contributed by atoms with Crippen molar-refractivity contribution < 1.29 is 0 Å². The van der Waals surface area contributed by atoms with Crippen LogP contribution < -0.4 is 5.32 Å². The van der Waals surface area contributed by atoms with E-state index in [0.29, 0.717) is 6.04 Å². The predicted octanol–water partition coefficient (Wildman–Crippen LogP) is 4.90. The van der Waals surface area contributed by atoms with E-state index in [9.17, 15) is 0 Å². The average molecular weight is 287 g/mol. The molecule has 2 rings (SSSR count). The third-order valence-electron chi connectivity index (χ3n) is 5.44. The van der Waals surface area contributed by atoms with Crippen LogP contribution in [0.1, 0.15) is 56.2 Å². The molecule has 1 aromatic carbocycles. The van der Waals surface area contributed by atoms with E-state index in [1.165, 1.54) is 48.8 Å². The number of aryl methyl sites for hydroxylation is 2. The predicted molar refractivity (Wildman–Crippen MR) is 92.8 cm³/mol. The third-order valence-corrected chi connectivity index (χ3v) is 5.44. The maximum absolute atomic E-state index is 3.60. The summed E-state index contributed by atoms with van der Waals surface area (Å²) in [5.41, 5.74) is 4.28. The average Bonchev–Trinajstić information content (AvgIpc) is 2.44. The lowest BCUT2D eigenvalue weighted by Gasteiger charge is -2.35. The number of likely N-dealkylation sites (N-methyl/N-ethyl adjacent to an activating group) is 1. The zero-order valence-electron chi connectivity index (χ0n) is 14.6. The molecule has 1 aliphatic rings. The molecule has 1 atom stereocenters. The van der Waals surface area contributed by atoms with Gasteiger partial charge in [0, 0.05) is 6.04 Å². The van der Waals surface area contributed by atoms with Gasteiger partial charge < -0.3 is 5.32 Å². The van der Waals surface area contributed by atoms with Crippen LogP contribution in [-0.4, -0.2) is 13.1 Å². The van der Waals surface area contributed by atoms with Crippen molar-refractivity contribution in [3.63, 3.8) is 0 Å². The van der Waals surface area contributed by atoms with E-state index in [1.807, 2.05) is 0 Å². The number of hydrogen-bond acceptors (Lipinski definition) is 1. The second kappa shape index (κ2) is 7.45. The molecule has 1 nitrogen and oxygen atoms in total. The van der Waals surface area contributed by atoms with E-state index >= 15 is 0 Å². The largest absolute Gasteiger partial charge is 0.316 e. The topological polar surface area (TPSA) is 12.0 Å². The van der Waals surface area contributed by atoms with E-state index in [4.69, 9.17) is 0 Å². The highest BCUT2D eigenvalue weighted by Crippen LogP contribution is 2.35. The minimum atomic E-state index is 0.638. The van der Waals surface area contributed by atoms with Crippen molar-refractivity contribution in [2.45, 2.75) is 65.8 Å². The summed E-state index contributed by atoms with van der Waals surface area (Å²) in [5, 5.41) is 3.60. The van der Waals surface area contributed by atoms with Gasteiger partial charge in [-0.05, 0) is 76.3 Å². The summed E-state index contributed by atoms with van der Waals surface area (Å²) in [4.78, 5) is 0. The van der Waals surface area contributed by atoms with Crippen molar-refractivity contribution in [1.29, 1.82) is 0 Å². The lowest BCUT2D eigenvalue weighted by molar-refractivity contribution is 0.191. The summed E-state index contributed by atoms with van der Waals surface area (Å²) in [6, 6.07) is 7.62. The molecule has 1 aromatic rings. The number of benzene rings is 1. The van der Waals surface area contributed by atoms with Gasteiger partial charge in [-0.1, -0.05) is 43.2 Å². The molecule has 118 valence electrons. The molecule has 0 spiro atoms. The van der Waals surface area contributed by atoms with Gasteiger partial charge in [0.2, 0.25) is 0 Å². The maximum Gasteiger partial charge on any atom is 0.0133 e. The monoisotopic (exact) mass is 287 g/mol. The number of nitrogens with one attached hydrogen (secondary N) is 1. The molecule has 0 radical (unpaired) electrons. The first kappa shape index (κ1) is 16.5. The highest BCUT2D eigenvalue weighted by atomic mass is 14.9. The Hall–Kier alpha value is -0.820. The van der Waals surface area contributed by atoms with Gasteiger partial charge >= 0.3 is 0 Å². The van der Waals surface area contributed by atoms with Gasteiger partial charge in [-0.25, -0.2) is 0 Å². The van der Waals surface area contributed by atoms with Crippen molar-refractivity contribution >= 4 is 0 Å². The summed E-state index contributed by atoms with van der Waals surface area (Å²) in [6.45, 7) is 9.18. The zero-order chi connectivity index (χ0) is 15.4. The van der Waals surface area contributed by atoms with Crippen molar-refractivity contribution in [3.05, 3.63) is 34.9 Å². The smallest absolute Gasteiger partial charge is 0.0133 e. The second-order valence-corrected chi connectivity index (χ2v) is 7.51. The Morgan fingerprint density at radius 3 is 1.95 bits per heavy atom. The zero-order valence-corrected chi connectivity index (χ0v) is 14.6. The molecule has 1 unspecified atom stereocenters. The van der Waals surface area contributed by atoms with Gasteiger partial charge in [0.1, 0.15) is 0 Å². The number of rotatable bonds is 5. The molecule has 0 saturated heterocycles. The quantitative estimate of drug-likeness (QED) is 0.812. The van der Waals surface area contributed by atoms with Gasteiger partial charge in [-0.15, -0.1) is 0 Å². The fourth-order valence-electron chi connectivity index (χ4n) is 4.16. The van der Waals surface area contributed by atoms with Crippen molar-refractivity contribution in [1.82, 2.24) is 5.32 Å². The van der Waals surface area contributed by atoms with E-state index in [0.717, 1.165) is 17.8 Å². The first-order valence-electron chi connectivity index (χ1n) is 8.74. The Labute approximate surface area is 131 Å². The van der Waals surface area contributed by atoms with Crippen molar-refractivity contribution in [2.75, 3.05) is 7.05 Å². The fraction of sp³-hybridized carbons (Fsp3) is 0.700. The number of hydrogen-bond donors (Lipinski definition) is 1. The van der Waals surface area contributed by atoms with Crippen LogP contribution in [0.3, 0.4) is 0 Å². The Kier molecular flexibility index (Phi) is 5.87. The van der Waals surface area contributed by atoms with Crippen LogP contribution in [0.25, 0.3) is 0 Å². The molecule has 1 saturated carbocycles. The minimum Gasteiger partial charge on any atom is -0.316 e. The van der Waals surface area contributed by atoms with Crippen LogP contribution in [0.2, 0.25) is 0 Å². The van der Waals surface area contributed by atoms with Crippen molar-refractivity contribution in [3.8, 4) is 0 Å². The van der Waals surface area contributed by atoms with Gasteiger partial charge in [0.25, 0.3) is 0 Å². The SMILES string of the molecule is CNC(Cc1cc(C)cc(C)c1)C1CCC(C(C)C)CC1. The van der Waals surface area contributed by atoms with Crippen LogP contribution in [-0.2, 0) is 6.42 Å². The lowest BCUT2D eigenvalue weighted by atomic mass is 9.73. The highest BCUT2D eigenvalue weighted by Gasteiger charge is 2.28. The summed E-state index contributed by atoms with van der Waals surface area (Å²) in [7, 11) is 2.14. The van der Waals surface area contributed by atoms with Crippen LogP contribution in [0.15, 0.2) is 18.2 Å². The van der Waals surface area contributed by atoms with Crippen molar-refractivity contribution in [2.24, 2.45) is 17.8 Å². The first-order chi connectivity index (χ1) is 9.99. The van der Waals surface area contributed by atoms with Gasteiger partial charge in [0.05, 0.1) is 0 Å². The molecule has 1 N–H and O–H groups in total. The highest BCUT2D eigenvalue weighted by molar-refractivity contribution is 5.29. The molecule has 0 bridgehead atoms. The van der Waals surface area contributed by atoms with E-state index in [-0.39, 0.29) is 0 Å². The normalized spacial score (nSPS) is 24.3. The Bertz CT molecular complexity index is 421. The Balaban J connectivity index is 1.97. The van der Waals surface area contributed by atoms with Crippen LogP contribution in [0, 0.1) is 31.6 Å². The Morgan fingerprint density at radius 2 is 1.48 bits per heavy atom. The van der Waals surface area contributed by atoms with Gasteiger partial charge in [-0.3, -0.25) is 0 Å². The van der Waals surface area contributed by atoms with E-state index < -0.39 is 0 Å². The minimum absolute atomic E-state index is 0.638.